The molecular weight excluding hydrogens is 307 g/mol. The highest BCUT2D eigenvalue weighted by atomic mass is 35.5. The number of amides is 1. The molecule has 1 aliphatic heterocycles. The van der Waals surface area contributed by atoms with Crippen LogP contribution in [0.4, 0.5) is 9.18 Å². The lowest BCUT2D eigenvalue weighted by Gasteiger charge is -2.12. The van der Waals surface area contributed by atoms with Crippen LogP contribution in [0.5, 0.6) is 0 Å². The molecular formula is C16H22ClFN2O2. The molecule has 1 aromatic rings. The van der Waals surface area contributed by atoms with Gasteiger partial charge in [0.25, 0.3) is 0 Å². The van der Waals surface area contributed by atoms with E-state index in [-0.39, 0.29) is 12.5 Å². The van der Waals surface area contributed by atoms with Crippen LogP contribution in [0.15, 0.2) is 30.3 Å². The van der Waals surface area contributed by atoms with Crippen molar-refractivity contribution >= 4 is 17.7 Å². The number of nitrogens with zero attached hydrogens (tertiary/aromatic N) is 1. The van der Waals surface area contributed by atoms with Gasteiger partial charge in [0, 0.05) is 30.9 Å². The lowest BCUT2D eigenvalue weighted by atomic mass is 10.1. The van der Waals surface area contributed by atoms with Gasteiger partial charge in [0.05, 0.1) is 6.54 Å². The van der Waals surface area contributed by atoms with E-state index in [0.717, 1.165) is 4.90 Å². The smallest absolute Gasteiger partial charge is 0.407 e. The average molecular weight is 329 g/mol. The summed E-state index contributed by atoms with van der Waals surface area (Å²) in [6.07, 6.45) is 0.331. The zero-order valence-corrected chi connectivity index (χ0v) is 13.2. The molecule has 4 nitrogen and oxygen atoms in total. The Bertz CT molecular complexity index is 470. The van der Waals surface area contributed by atoms with E-state index in [0.29, 0.717) is 25.0 Å². The van der Waals surface area contributed by atoms with Crippen molar-refractivity contribution in [1.82, 2.24) is 10.2 Å². The first-order valence-electron chi connectivity index (χ1n) is 7.55. The predicted octanol–water partition coefficient (Wildman–Crippen LogP) is 3.11. The van der Waals surface area contributed by atoms with Gasteiger partial charge < -0.3 is 15.3 Å². The first-order valence-corrected chi connectivity index (χ1v) is 8.08. The minimum atomic E-state index is -1.01. The first-order chi connectivity index (χ1) is 10.6. The molecule has 0 aromatic heterocycles. The number of carbonyl (C=O) groups is 1. The fraction of sp³-hybridized carbons (Fsp3) is 0.562. The summed E-state index contributed by atoms with van der Waals surface area (Å²) in [5, 5.41) is 11.9. The highest BCUT2D eigenvalue weighted by Gasteiger charge is 2.36. The van der Waals surface area contributed by atoms with E-state index in [2.05, 4.69) is 5.32 Å². The molecule has 6 heteroatoms. The Morgan fingerprint density at radius 3 is 2.45 bits per heavy atom. The van der Waals surface area contributed by atoms with Crippen molar-refractivity contribution in [2.45, 2.75) is 30.9 Å². The molecule has 2 atom stereocenters. The van der Waals surface area contributed by atoms with Crippen molar-refractivity contribution in [2.24, 2.45) is 5.92 Å². The molecule has 1 aromatic carbocycles. The third kappa shape index (κ3) is 5.46. The number of halogens is 2. The number of alkyl halides is 2. The molecule has 1 aliphatic carbocycles. The largest absolute Gasteiger partial charge is 0.465 e. The Morgan fingerprint density at radius 2 is 2.00 bits per heavy atom. The standard InChI is InChI=1S/C9H15FN2O2.C7H7Cl/c10-8-5-12(9(13)14)4-6(8)3-11-7-1-2-7;8-6-7-4-2-1-3-5-7/h6-8,11H,1-5H2,(H,13,14);1-5H,6H2/t6-,8+;/m1./s1. The number of nitrogens with one attached hydrogen (secondary N) is 1. The van der Waals surface area contributed by atoms with Crippen LogP contribution in [0, 0.1) is 5.92 Å². The van der Waals surface area contributed by atoms with E-state index in [9.17, 15) is 9.18 Å². The van der Waals surface area contributed by atoms with Gasteiger partial charge in [-0.1, -0.05) is 30.3 Å². The molecule has 3 rings (SSSR count). The summed E-state index contributed by atoms with van der Waals surface area (Å²) in [7, 11) is 0. The minimum absolute atomic E-state index is 0.0341. The lowest BCUT2D eigenvalue weighted by Crippen LogP contribution is -2.31. The van der Waals surface area contributed by atoms with Crippen LogP contribution in [-0.2, 0) is 5.88 Å². The topological polar surface area (TPSA) is 52.6 Å². The number of likely N-dealkylation sites (tertiary alicyclic amines) is 1. The van der Waals surface area contributed by atoms with Crippen LogP contribution in [0.2, 0.25) is 0 Å². The molecule has 0 radical (unpaired) electrons. The Morgan fingerprint density at radius 1 is 1.32 bits per heavy atom. The van der Waals surface area contributed by atoms with Gasteiger partial charge in [-0.25, -0.2) is 9.18 Å². The van der Waals surface area contributed by atoms with Gasteiger partial charge in [-0.05, 0) is 18.4 Å². The number of rotatable bonds is 4. The summed E-state index contributed by atoms with van der Waals surface area (Å²) >= 11 is 5.53. The van der Waals surface area contributed by atoms with Crippen LogP contribution in [0.25, 0.3) is 0 Å². The van der Waals surface area contributed by atoms with Crippen molar-refractivity contribution < 1.29 is 14.3 Å². The maximum atomic E-state index is 13.3. The molecule has 2 fully saturated rings. The fourth-order valence-electron chi connectivity index (χ4n) is 2.35. The van der Waals surface area contributed by atoms with E-state index in [4.69, 9.17) is 16.7 Å². The molecule has 0 unspecified atom stereocenters. The highest BCUT2D eigenvalue weighted by molar-refractivity contribution is 6.17. The van der Waals surface area contributed by atoms with Crippen molar-refractivity contribution in [3.63, 3.8) is 0 Å². The normalized spacial score (nSPS) is 23.8. The van der Waals surface area contributed by atoms with E-state index >= 15 is 0 Å². The maximum Gasteiger partial charge on any atom is 0.407 e. The molecule has 22 heavy (non-hydrogen) atoms. The zero-order valence-electron chi connectivity index (χ0n) is 12.4. The predicted molar refractivity (Wildman–Crippen MR) is 85.0 cm³/mol. The van der Waals surface area contributed by atoms with Crippen LogP contribution < -0.4 is 5.32 Å². The molecule has 2 N–H and O–H groups in total. The molecule has 0 spiro atoms. The SMILES string of the molecule is ClCc1ccccc1.O=C(O)N1C[C@@H](CNC2CC2)[C@@H](F)C1. The quantitative estimate of drug-likeness (QED) is 0.835. The highest BCUT2D eigenvalue weighted by Crippen LogP contribution is 2.23. The molecule has 1 heterocycles. The molecule has 1 amide bonds. The van der Waals surface area contributed by atoms with Crippen molar-refractivity contribution in [3.05, 3.63) is 35.9 Å². The average Bonchev–Trinajstić information content (AvgIpc) is 3.29. The number of benzene rings is 1. The monoisotopic (exact) mass is 328 g/mol. The Labute approximate surface area is 135 Å². The van der Waals surface area contributed by atoms with Crippen LogP contribution >= 0.6 is 11.6 Å². The third-order valence-electron chi connectivity index (χ3n) is 3.87. The first kappa shape index (κ1) is 17.0. The van der Waals surface area contributed by atoms with Gasteiger partial charge in [-0.2, -0.15) is 0 Å². The molecule has 2 aliphatic rings. The second kappa shape index (κ2) is 8.34. The van der Waals surface area contributed by atoms with Crippen molar-refractivity contribution in [2.75, 3.05) is 19.6 Å². The Hall–Kier alpha value is -1.33. The molecule has 122 valence electrons. The molecule has 0 bridgehead atoms. The van der Waals surface area contributed by atoms with Gasteiger partial charge >= 0.3 is 6.09 Å². The number of hydrogen-bond donors (Lipinski definition) is 2. The van der Waals surface area contributed by atoms with Gasteiger partial charge in [-0.15, -0.1) is 11.6 Å². The van der Waals surface area contributed by atoms with E-state index < -0.39 is 12.3 Å². The number of carboxylic acid groups (broad SMARTS) is 1. The van der Waals surface area contributed by atoms with Gasteiger partial charge in [-0.3, -0.25) is 0 Å². The van der Waals surface area contributed by atoms with Crippen LogP contribution in [-0.4, -0.2) is 47.9 Å². The summed E-state index contributed by atoms with van der Waals surface area (Å²) in [4.78, 5) is 11.7. The number of hydrogen-bond acceptors (Lipinski definition) is 2. The summed E-state index contributed by atoms with van der Waals surface area (Å²) in [5.41, 5.74) is 1.18. The summed E-state index contributed by atoms with van der Waals surface area (Å²) < 4.78 is 13.3. The van der Waals surface area contributed by atoms with Gasteiger partial charge in [0.1, 0.15) is 6.17 Å². The van der Waals surface area contributed by atoms with Crippen LogP contribution in [0.1, 0.15) is 18.4 Å². The van der Waals surface area contributed by atoms with E-state index in [1.807, 2.05) is 30.3 Å². The third-order valence-corrected chi connectivity index (χ3v) is 4.18. The molecule has 1 saturated carbocycles. The Kier molecular flexibility index (Phi) is 6.46. The summed E-state index contributed by atoms with van der Waals surface area (Å²) in [6.45, 7) is 0.970. The maximum absolute atomic E-state index is 13.3. The van der Waals surface area contributed by atoms with E-state index in [1.165, 1.54) is 18.4 Å². The summed E-state index contributed by atoms with van der Waals surface area (Å²) in [5.74, 6) is 0.451. The second-order valence-electron chi connectivity index (χ2n) is 5.77. The van der Waals surface area contributed by atoms with E-state index in [1.54, 1.807) is 0 Å². The summed E-state index contributed by atoms with van der Waals surface area (Å²) in [6, 6.07) is 10.5. The van der Waals surface area contributed by atoms with Crippen molar-refractivity contribution in [1.29, 1.82) is 0 Å². The molecule has 1 saturated heterocycles. The Balaban J connectivity index is 0.000000188. The van der Waals surface area contributed by atoms with Gasteiger partial charge in [0.2, 0.25) is 0 Å². The lowest BCUT2D eigenvalue weighted by molar-refractivity contribution is 0.152. The fourth-order valence-corrected chi connectivity index (χ4v) is 2.53. The zero-order chi connectivity index (χ0) is 15.9. The minimum Gasteiger partial charge on any atom is -0.465 e. The second-order valence-corrected chi connectivity index (χ2v) is 6.03. The van der Waals surface area contributed by atoms with Gasteiger partial charge in [0.15, 0.2) is 0 Å². The van der Waals surface area contributed by atoms with Crippen LogP contribution in [0.3, 0.4) is 0 Å². The van der Waals surface area contributed by atoms with Crippen molar-refractivity contribution in [3.8, 4) is 0 Å².